The molecule has 1 aromatic heterocycles. The van der Waals surface area contributed by atoms with Gasteiger partial charge in [0, 0.05) is 18.0 Å². The fraction of sp³-hybridized carbons (Fsp3) is 0.353. The Morgan fingerprint density at radius 3 is 2.52 bits per heavy atom. The number of hydrogen-bond donors (Lipinski definition) is 1. The van der Waals surface area contributed by atoms with E-state index in [-0.39, 0.29) is 11.2 Å². The van der Waals surface area contributed by atoms with Gasteiger partial charge in [0.25, 0.3) is 0 Å². The van der Waals surface area contributed by atoms with Crippen molar-refractivity contribution in [2.75, 3.05) is 7.05 Å². The highest BCUT2D eigenvalue weighted by atomic mass is 19.1. The maximum atomic E-state index is 13.7. The van der Waals surface area contributed by atoms with E-state index in [1.165, 1.54) is 6.07 Å². The second-order valence-electron chi connectivity index (χ2n) is 6.01. The van der Waals surface area contributed by atoms with Crippen LogP contribution in [0.2, 0.25) is 0 Å². The van der Waals surface area contributed by atoms with Crippen LogP contribution < -0.4 is 10.1 Å². The minimum absolute atomic E-state index is 0.100. The molecule has 1 N–H and O–H groups in total. The molecule has 2 rings (SSSR count). The summed E-state index contributed by atoms with van der Waals surface area (Å²) in [6.45, 7) is 6.97. The van der Waals surface area contributed by atoms with Crippen molar-refractivity contribution in [3.63, 3.8) is 0 Å². The summed E-state index contributed by atoms with van der Waals surface area (Å²) in [5, 5.41) is 3.11. The second kappa shape index (κ2) is 6.22. The molecule has 0 saturated carbocycles. The average Bonchev–Trinajstić information content (AvgIpc) is 2.41. The number of ether oxygens (including phenoxy) is 1. The normalized spacial score (nSPS) is 11.5. The van der Waals surface area contributed by atoms with Gasteiger partial charge in [-0.2, -0.15) is 0 Å². The second-order valence-corrected chi connectivity index (χ2v) is 6.01. The number of benzene rings is 1. The summed E-state index contributed by atoms with van der Waals surface area (Å²) in [6, 6.07) is 10.2. The Bertz CT molecular complexity index is 620. The van der Waals surface area contributed by atoms with Crippen LogP contribution in [0.4, 0.5) is 4.39 Å². The van der Waals surface area contributed by atoms with E-state index in [9.17, 15) is 4.39 Å². The van der Waals surface area contributed by atoms with Crippen molar-refractivity contribution in [3.8, 4) is 11.6 Å². The highest BCUT2D eigenvalue weighted by Gasteiger charge is 2.18. The lowest BCUT2D eigenvalue weighted by molar-refractivity contribution is 0.420. The number of rotatable bonds is 4. The molecule has 0 aliphatic rings. The van der Waals surface area contributed by atoms with Crippen LogP contribution in [0, 0.1) is 5.82 Å². The molecular weight excluding hydrogens is 267 g/mol. The average molecular weight is 288 g/mol. The largest absolute Gasteiger partial charge is 0.436 e. The number of para-hydroxylation sites is 1. The van der Waals surface area contributed by atoms with E-state index < -0.39 is 5.82 Å². The molecule has 0 fully saturated rings. The molecule has 0 unspecified atom stereocenters. The molecule has 0 spiro atoms. The van der Waals surface area contributed by atoms with Gasteiger partial charge >= 0.3 is 0 Å². The first-order valence-electron chi connectivity index (χ1n) is 6.98. The monoisotopic (exact) mass is 288 g/mol. The fourth-order valence-corrected chi connectivity index (χ4v) is 1.94. The molecule has 0 aliphatic heterocycles. The molecule has 0 atom stereocenters. The van der Waals surface area contributed by atoms with Gasteiger partial charge in [-0.15, -0.1) is 0 Å². The molecule has 21 heavy (non-hydrogen) atoms. The van der Waals surface area contributed by atoms with Gasteiger partial charge in [-0.05, 0) is 30.8 Å². The zero-order valence-electron chi connectivity index (χ0n) is 12.9. The summed E-state index contributed by atoms with van der Waals surface area (Å²) < 4.78 is 19.3. The van der Waals surface area contributed by atoms with Crippen molar-refractivity contribution < 1.29 is 9.13 Å². The SMILES string of the molecule is CNCc1cc(Oc2ccccc2F)nc(C(C)(C)C)c1. The summed E-state index contributed by atoms with van der Waals surface area (Å²) in [5.74, 6) is 0.208. The van der Waals surface area contributed by atoms with Gasteiger partial charge in [0.1, 0.15) is 0 Å². The number of halogens is 1. The number of aromatic nitrogens is 1. The summed E-state index contributed by atoms with van der Waals surface area (Å²) in [6.07, 6.45) is 0. The molecule has 0 saturated heterocycles. The third-order valence-electron chi connectivity index (χ3n) is 3.06. The van der Waals surface area contributed by atoms with Crippen LogP contribution in [-0.4, -0.2) is 12.0 Å². The Morgan fingerprint density at radius 1 is 1.19 bits per heavy atom. The summed E-state index contributed by atoms with van der Waals surface area (Å²) in [4.78, 5) is 4.51. The van der Waals surface area contributed by atoms with Gasteiger partial charge in [-0.1, -0.05) is 32.9 Å². The number of nitrogens with one attached hydrogen (secondary N) is 1. The van der Waals surface area contributed by atoms with E-state index in [0.717, 1.165) is 11.3 Å². The molecule has 0 aliphatic carbocycles. The van der Waals surface area contributed by atoms with Crippen LogP contribution in [0.3, 0.4) is 0 Å². The van der Waals surface area contributed by atoms with Crippen LogP contribution in [0.15, 0.2) is 36.4 Å². The van der Waals surface area contributed by atoms with Crippen LogP contribution in [-0.2, 0) is 12.0 Å². The smallest absolute Gasteiger partial charge is 0.219 e. The molecular formula is C17H21FN2O. The third-order valence-corrected chi connectivity index (χ3v) is 3.06. The molecule has 3 nitrogen and oxygen atoms in total. The summed E-state index contributed by atoms with van der Waals surface area (Å²) >= 11 is 0. The third kappa shape index (κ3) is 4.02. The van der Waals surface area contributed by atoms with E-state index in [1.807, 2.05) is 19.2 Å². The first kappa shape index (κ1) is 15.4. The number of pyridine rings is 1. The molecule has 112 valence electrons. The Kier molecular flexibility index (Phi) is 4.58. The zero-order valence-corrected chi connectivity index (χ0v) is 12.9. The van der Waals surface area contributed by atoms with Crippen LogP contribution >= 0.6 is 0 Å². The summed E-state index contributed by atoms with van der Waals surface area (Å²) in [5.41, 5.74) is 1.88. The zero-order chi connectivity index (χ0) is 15.5. The highest BCUT2D eigenvalue weighted by molar-refractivity contribution is 5.33. The van der Waals surface area contributed by atoms with Gasteiger partial charge in [-0.25, -0.2) is 9.37 Å². The summed E-state index contributed by atoms with van der Waals surface area (Å²) in [7, 11) is 1.88. The van der Waals surface area contributed by atoms with Crippen molar-refractivity contribution in [2.45, 2.75) is 32.7 Å². The van der Waals surface area contributed by atoms with Crippen molar-refractivity contribution in [1.29, 1.82) is 0 Å². The standard InChI is InChI=1S/C17H21FN2O/c1-17(2,3)15-9-12(11-19-4)10-16(20-15)21-14-8-6-5-7-13(14)18/h5-10,19H,11H2,1-4H3. The van der Waals surface area contributed by atoms with Crippen molar-refractivity contribution in [3.05, 3.63) is 53.5 Å². The quantitative estimate of drug-likeness (QED) is 0.922. The van der Waals surface area contributed by atoms with Gasteiger partial charge in [0.05, 0.1) is 5.69 Å². The first-order chi connectivity index (χ1) is 9.90. The van der Waals surface area contributed by atoms with E-state index >= 15 is 0 Å². The fourth-order valence-electron chi connectivity index (χ4n) is 1.94. The van der Waals surface area contributed by atoms with Crippen molar-refractivity contribution >= 4 is 0 Å². The Balaban J connectivity index is 2.38. The first-order valence-corrected chi connectivity index (χ1v) is 6.98. The maximum absolute atomic E-state index is 13.7. The molecule has 1 heterocycles. The van der Waals surface area contributed by atoms with Crippen LogP contribution in [0.1, 0.15) is 32.0 Å². The van der Waals surface area contributed by atoms with Gasteiger partial charge in [0.15, 0.2) is 11.6 Å². The maximum Gasteiger partial charge on any atom is 0.219 e. The lowest BCUT2D eigenvalue weighted by atomic mass is 9.91. The van der Waals surface area contributed by atoms with Crippen molar-refractivity contribution in [1.82, 2.24) is 10.3 Å². The molecule has 1 aromatic carbocycles. The minimum Gasteiger partial charge on any atom is -0.436 e. The van der Waals surface area contributed by atoms with Crippen LogP contribution in [0.5, 0.6) is 11.6 Å². The van der Waals surface area contributed by atoms with Crippen molar-refractivity contribution in [2.24, 2.45) is 0 Å². The Hall–Kier alpha value is -1.94. The molecule has 0 radical (unpaired) electrons. The number of nitrogens with zero attached hydrogens (tertiary/aromatic N) is 1. The lowest BCUT2D eigenvalue weighted by Crippen LogP contribution is -2.15. The van der Waals surface area contributed by atoms with E-state index in [4.69, 9.17) is 4.74 Å². The molecule has 0 bridgehead atoms. The topological polar surface area (TPSA) is 34.1 Å². The van der Waals surface area contributed by atoms with Gasteiger partial charge in [-0.3, -0.25) is 0 Å². The highest BCUT2D eigenvalue weighted by Crippen LogP contribution is 2.28. The number of hydrogen-bond acceptors (Lipinski definition) is 3. The van der Waals surface area contributed by atoms with Crippen LogP contribution in [0.25, 0.3) is 0 Å². The predicted molar refractivity (Wildman–Crippen MR) is 82.2 cm³/mol. The predicted octanol–water partition coefficient (Wildman–Crippen LogP) is 4.03. The van der Waals surface area contributed by atoms with E-state index in [1.54, 1.807) is 18.2 Å². The van der Waals surface area contributed by atoms with E-state index in [2.05, 4.69) is 31.1 Å². The molecule has 0 amide bonds. The van der Waals surface area contributed by atoms with Gasteiger partial charge in [0.2, 0.25) is 5.88 Å². The van der Waals surface area contributed by atoms with E-state index in [0.29, 0.717) is 12.4 Å². The Labute approximate surface area is 125 Å². The Morgan fingerprint density at radius 2 is 1.90 bits per heavy atom. The minimum atomic E-state index is -0.393. The lowest BCUT2D eigenvalue weighted by Gasteiger charge is -2.20. The molecule has 2 aromatic rings. The molecule has 4 heteroatoms. The van der Waals surface area contributed by atoms with Gasteiger partial charge < -0.3 is 10.1 Å².